The van der Waals surface area contributed by atoms with E-state index < -0.39 is 22.2 Å². The summed E-state index contributed by atoms with van der Waals surface area (Å²) in [5.41, 5.74) is 7.68. The predicted molar refractivity (Wildman–Crippen MR) is 271 cm³/mol. The molecule has 0 saturated carbocycles. The van der Waals surface area contributed by atoms with Gasteiger partial charge in [-0.3, -0.25) is 24.7 Å². The van der Waals surface area contributed by atoms with Crippen molar-refractivity contribution in [2.75, 3.05) is 103 Å². The third-order valence-corrected chi connectivity index (χ3v) is 14.7. The van der Waals surface area contributed by atoms with Gasteiger partial charge in [-0.1, -0.05) is 49.2 Å². The molecule has 1 unspecified atom stereocenters. The number of hydrogen-bond acceptors (Lipinski definition) is 11. The molecule has 2 saturated heterocycles. The van der Waals surface area contributed by atoms with Gasteiger partial charge in [0.25, 0.3) is 11.6 Å². The Balaban J connectivity index is 1.04. The molecule has 0 radical (unpaired) electrons. The summed E-state index contributed by atoms with van der Waals surface area (Å²) >= 11 is 4.17. The molecule has 0 bridgehead atoms. The number of rotatable bonds is 17. The van der Waals surface area contributed by atoms with E-state index in [-0.39, 0.29) is 21.6 Å². The lowest BCUT2D eigenvalue weighted by molar-refractivity contribution is -0.384. The topological polar surface area (TPSA) is 149 Å². The first kappa shape index (κ1) is 48.3. The maximum absolute atomic E-state index is 14.2. The average Bonchev–Trinajstić information content (AvgIpc) is 3.72. The summed E-state index contributed by atoms with van der Waals surface area (Å²) in [6.45, 7) is 15.0. The number of allylic oxidation sites excluding steroid dienone is 1. The number of anilines is 2. The van der Waals surface area contributed by atoms with Crippen molar-refractivity contribution < 1.29 is 19.0 Å². The summed E-state index contributed by atoms with van der Waals surface area (Å²) in [6, 6.07) is 24.0. The van der Waals surface area contributed by atoms with Crippen LogP contribution in [0.1, 0.15) is 61.0 Å². The van der Waals surface area contributed by atoms with Gasteiger partial charge in [0.1, 0.15) is 28.5 Å². The number of nitrogens with zero attached hydrogens (tertiary/aromatic N) is 6. The third kappa shape index (κ3) is 12.1. The lowest BCUT2D eigenvalue weighted by Crippen LogP contribution is -2.47. The van der Waals surface area contributed by atoms with Gasteiger partial charge in [0.15, 0.2) is 4.90 Å². The molecule has 2 fully saturated rings. The predicted octanol–water partition coefficient (Wildman–Crippen LogP) is 8.87. The molecular formula is C51H64ClN9O5S. The first-order valence-electron chi connectivity index (χ1n) is 23.4. The summed E-state index contributed by atoms with van der Waals surface area (Å²) in [5.74, 6) is 0.293. The number of nitrogens with one attached hydrogen (secondary N) is 3. The second kappa shape index (κ2) is 21.4. The van der Waals surface area contributed by atoms with Gasteiger partial charge in [-0.05, 0) is 124 Å². The van der Waals surface area contributed by atoms with Crippen molar-refractivity contribution in [2.45, 2.75) is 51.0 Å². The quantitative estimate of drug-likeness (QED) is 0.0355. The van der Waals surface area contributed by atoms with Crippen LogP contribution >= 0.6 is 11.6 Å². The van der Waals surface area contributed by atoms with Crippen molar-refractivity contribution in [3.05, 3.63) is 122 Å². The standard InChI is InChI=1S/C51H64ClN9O5S/c1-51(2)19-18-37(43(32-51)36-10-12-39(52)13-11-36)34-59-26-28-60(29-27-59)40-14-16-42(50(62)55-67(65)41-15-17-44(46(31-41)61(63)64)53-20-7-21-56(3)4)48(30-40)66-47-9-6-8-45-49(47)38(33-54-45)35-58-24-22-57(5)23-25-58/h6,8-17,30-31,33,53-54H,7,18-29,32,34-35H2,1-5H3,(H,55,62). The van der Waals surface area contributed by atoms with E-state index in [1.54, 1.807) is 12.1 Å². The maximum atomic E-state index is 14.2. The highest BCUT2D eigenvalue weighted by molar-refractivity contribution is 7.90. The van der Waals surface area contributed by atoms with E-state index in [1.165, 1.54) is 28.8 Å². The minimum atomic E-state index is -2.12. The van der Waals surface area contributed by atoms with Crippen LogP contribution < -0.4 is 19.7 Å². The molecule has 67 heavy (non-hydrogen) atoms. The Kier molecular flexibility index (Phi) is 15.5. The number of ether oxygens (including phenoxy) is 1. The Morgan fingerprint density at radius 2 is 1.66 bits per heavy atom. The van der Waals surface area contributed by atoms with Crippen molar-refractivity contribution >= 4 is 62.4 Å². The Hall–Kier alpha value is -5.13. The number of carbonyl (C=O) groups is 1. The lowest BCUT2D eigenvalue weighted by atomic mass is 9.72. The number of H-pyrrole nitrogens is 1. The first-order chi connectivity index (χ1) is 32.2. The third-order valence-electron chi connectivity index (χ3n) is 13.4. The van der Waals surface area contributed by atoms with E-state index in [9.17, 15) is 19.5 Å². The molecule has 3 heterocycles. The van der Waals surface area contributed by atoms with Crippen LogP contribution in [0.4, 0.5) is 17.1 Å². The molecule has 2 aliphatic heterocycles. The van der Waals surface area contributed by atoms with Crippen LogP contribution in [0, 0.1) is 15.5 Å². The fraction of sp³-hybridized carbons (Fsp3) is 0.431. The van der Waals surface area contributed by atoms with Crippen molar-refractivity contribution in [3.8, 4) is 11.5 Å². The zero-order valence-electron chi connectivity index (χ0n) is 39.4. The van der Waals surface area contributed by atoms with E-state index in [2.05, 4.69) is 67.7 Å². The van der Waals surface area contributed by atoms with Gasteiger partial charge in [0.2, 0.25) is 0 Å². The first-order valence-corrected chi connectivity index (χ1v) is 24.9. The van der Waals surface area contributed by atoms with Crippen molar-refractivity contribution in [1.82, 2.24) is 29.3 Å². The Morgan fingerprint density at radius 1 is 0.925 bits per heavy atom. The number of aromatic nitrogens is 1. The fourth-order valence-electron chi connectivity index (χ4n) is 9.42. The fourth-order valence-corrected chi connectivity index (χ4v) is 10.3. The molecule has 4 aromatic carbocycles. The number of aromatic amines is 1. The average molecular weight is 951 g/mol. The van der Waals surface area contributed by atoms with Gasteiger partial charge >= 0.3 is 0 Å². The molecule has 1 aromatic heterocycles. The molecule has 1 aliphatic carbocycles. The molecule has 0 spiro atoms. The van der Waals surface area contributed by atoms with Crippen LogP contribution in [0.2, 0.25) is 5.02 Å². The van der Waals surface area contributed by atoms with Crippen molar-refractivity contribution in [1.29, 1.82) is 0 Å². The van der Waals surface area contributed by atoms with Crippen molar-refractivity contribution in [2.24, 2.45) is 5.41 Å². The number of carbonyl (C=O) groups excluding carboxylic acids is 1. The number of halogens is 1. The zero-order chi connectivity index (χ0) is 47.2. The second-order valence-corrected chi connectivity index (χ2v) is 20.9. The highest BCUT2D eigenvalue weighted by atomic mass is 35.5. The summed E-state index contributed by atoms with van der Waals surface area (Å²) in [4.78, 5) is 41.1. The SMILES string of the molecule is CN(C)CCCNc1ccc([S+]([O-])NC(=O)c2ccc(N3CCN(CC4=C(c5ccc(Cl)cc5)CC(C)(C)CC4)CC3)cc2Oc2cccc3[nH]cc(CN4CCN(C)CC4)c23)cc1[N+](=O)[O-]. The molecule has 3 aliphatic rings. The molecule has 8 rings (SSSR count). The van der Waals surface area contributed by atoms with E-state index >= 15 is 0 Å². The normalized spacial score (nSPS) is 17.8. The molecule has 1 atom stereocenters. The molecule has 14 nitrogen and oxygen atoms in total. The number of likely N-dealkylation sites (N-methyl/N-ethyl adjacent to an activating group) is 1. The number of nitro groups is 1. The number of hydrogen-bond donors (Lipinski definition) is 3. The molecule has 5 aromatic rings. The number of fused-ring (bicyclic) bond motifs is 1. The molecule has 1 amide bonds. The second-order valence-electron chi connectivity index (χ2n) is 19.3. The largest absolute Gasteiger partial charge is 0.588 e. The summed E-state index contributed by atoms with van der Waals surface area (Å²) in [6.07, 6.45) is 6.09. The smallest absolute Gasteiger partial charge is 0.297 e. The van der Waals surface area contributed by atoms with E-state index in [4.69, 9.17) is 16.3 Å². The van der Waals surface area contributed by atoms with Gasteiger partial charge in [-0.15, -0.1) is 0 Å². The van der Waals surface area contributed by atoms with Crippen LogP contribution in [0.15, 0.2) is 95.5 Å². The maximum Gasteiger partial charge on any atom is 0.297 e. The Morgan fingerprint density at radius 3 is 2.39 bits per heavy atom. The van der Waals surface area contributed by atoms with Gasteiger partial charge in [0.05, 0.1) is 16.6 Å². The zero-order valence-corrected chi connectivity index (χ0v) is 41.0. The highest BCUT2D eigenvalue weighted by Gasteiger charge is 2.31. The Bertz CT molecular complexity index is 2570. The monoisotopic (exact) mass is 949 g/mol. The van der Waals surface area contributed by atoms with Gasteiger partial charge < -0.3 is 34.3 Å². The number of nitro benzene ring substituents is 1. The van der Waals surface area contributed by atoms with Gasteiger partial charge in [0, 0.05) is 106 Å². The molecule has 3 N–H and O–H groups in total. The summed E-state index contributed by atoms with van der Waals surface area (Å²) in [7, 11) is 6.08. The lowest BCUT2D eigenvalue weighted by Gasteiger charge is -2.39. The van der Waals surface area contributed by atoms with Crippen LogP contribution in [0.25, 0.3) is 16.5 Å². The van der Waals surface area contributed by atoms with Gasteiger partial charge in [-0.25, -0.2) is 0 Å². The van der Waals surface area contributed by atoms with Crippen LogP contribution in [0.5, 0.6) is 11.5 Å². The van der Waals surface area contributed by atoms with E-state index in [0.717, 1.165) is 125 Å². The molecule has 356 valence electrons. The molecule has 16 heteroatoms. The molecular weight excluding hydrogens is 886 g/mol. The number of amides is 1. The van der Waals surface area contributed by atoms with Crippen molar-refractivity contribution in [3.63, 3.8) is 0 Å². The van der Waals surface area contributed by atoms with Crippen LogP contribution in [0.3, 0.4) is 0 Å². The van der Waals surface area contributed by atoms with Crippen LogP contribution in [-0.2, 0) is 17.9 Å². The van der Waals surface area contributed by atoms with E-state index in [1.807, 2.05) is 67.7 Å². The van der Waals surface area contributed by atoms with Gasteiger partial charge in [-0.2, -0.15) is 4.72 Å². The van der Waals surface area contributed by atoms with Crippen LogP contribution in [-0.4, -0.2) is 133 Å². The minimum Gasteiger partial charge on any atom is -0.588 e. The van der Waals surface area contributed by atoms with E-state index in [0.29, 0.717) is 23.7 Å². The summed E-state index contributed by atoms with van der Waals surface area (Å²) < 4.78 is 23.3. The number of benzene rings is 4. The minimum absolute atomic E-state index is 0.106. The highest BCUT2D eigenvalue weighted by Crippen LogP contribution is 2.44. The Labute approximate surface area is 402 Å². The summed E-state index contributed by atoms with van der Waals surface area (Å²) in [5, 5.41) is 16.9. The number of piperazine rings is 2.